The standard InChI is InChI=1S/C16H18N4O/c1-11-7-8-17-14(11)16(21)20-13-9-18-15(19-10-13)12-5-3-2-4-6-12/h2-6,9-11,14,17H,7-8H2,1H3,(H,20,21). The van der Waals surface area contributed by atoms with Gasteiger partial charge in [0.25, 0.3) is 0 Å². The number of amides is 1. The van der Waals surface area contributed by atoms with E-state index in [0.717, 1.165) is 18.5 Å². The maximum Gasteiger partial charge on any atom is 0.241 e. The Hall–Kier alpha value is -2.27. The smallest absolute Gasteiger partial charge is 0.241 e. The van der Waals surface area contributed by atoms with Crippen molar-refractivity contribution in [2.45, 2.75) is 19.4 Å². The minimum Gasteiger partial charge on any atom is -0.322 e. The minimum absolute atomic E-state index is 0.0175. The van der Waals surface area contributed by atoms with Gasteiger partial charge < -0.3 is 10.6 Å². The maximum absolute atomic E-state index is 12.2. The van der Waals surface area contributed by atoms with E-state index < -0.39 is 0 Å². The first kappa shape index (κ1) is 13.7. The van der Waals surface area contributed by atoms with Gasteiger partial charge in [-0.1, -0.05) is 37.3 Å². The summed E-state index contributed by atoms with van der Waals surface area (Å²) in [6, 6.07) is 9.63. The van der Waals surface area contributed by atoms with Gasteiger partial charge in [-0.3, -0.25) is 4.79 Å². The molecule has 2 atom stereocenters. The quantitative estimate of drug-likeness (QED) is 0.904. The fraction of sp³-hybridized carbons (Fsp3) is 0.312. The molecule has 5 nitrogen and oxygen atoms in total. The fourth-order valence-electron chi connectivity index (χ4n) is 2.53. The van der Waals surface area contributed by atoms with Gasteiger partial charge >= 0.3 is 0 Å². The molecule has 1 aliphatic heterocycles. The summed E-state index contributed by atoms with van der Waals surface area (Å²) >= 11 is 0. The third-order valence-electron chi connectivity index (χ3n) is 3.77. The molecule has 1 aromatic heterocycles. The van der Waals surface area contributed by atoms with Crippen LogP contribution < -0.4 is 10.6 Å². The zero-order valence-corrected chi connectivity index (χ0v) is 11.9. The van der Waals surface area contributed by atoms with Crippen molar-refractivity contribution in [1.82, 2.24) is 15.3 Å². The van der Waals surface area contributed by atoms with E-state index in [1.807, 2.05) is 30.3 Å². The highest BCUT2D eigenvalue weighted by molar-refractivity contribution is 5.95. The molecule has 0 spiro atoms. The second-order valence-electron chi connectivity index (χ2n) is 5.35. The summed E-state index contributed by atoms with van der Waals surface area (Å²) in [6.45, 7) is 2.97. The summed E-state index contributed by atoms with van der Waals surface area (Å²) in [5, 5.41) is 6.08. The van der Waals surface area contributed by atoms with Crippen LogP contribution in [0.1, 0.15) is 13.3 Å². The summed E-state index contributed by atoms with van der Waals surface area (Å²) in [5.74, 6) is 0.992. The normalized spacial score (nSPS) is 21.2. The van der Waals surface area contributed by atoms with Crippen LogP contribution in [0.15, 0.2) is 42.7 Å². The SMILES string of the molecule is CC1CCNC1C(=O)Nc1cnc(-c2ccccc2)nc1. The number of carbonyl (C=O) groups excluding carboxylic acids is 1. The minimum atomic E-state index is -0.126. The summed E-state index contributed by atoms with van der Waals surface area (Å²) in [5.41, 5.74) is 1.59. The van der Waals surface area contributed by atoms with Crippen molar-refractivity contribution in [2.24, 2.45) is 5.92 Å². The molecule has 1 saturated heterocycles. The second-order valence-corrected chi connectivity index (χ2v) is 5.35. The first-order chi connectivity index (χ1) is 10.2. The number of benzene rings is 1. The molecule has 0 radical (unpaired) electrons. The Morgan fingerprint density at radius 1 is 1.24 bits per heavy atom. The number of hydrogen-bond acceptors (Lipinski definition) is 4. The monoisotopic (exact) mass is 282 g/mol. The van der Waals surface area contributed by atoms with Crippen molar-refractivity contribution in [3.63, 3.8) is 0 Å². The summed E-state index contributed by atoms with van der Waals surface area (Å²) in [4.78, 5) is 20.8. The van der Waals surface area contributed by atoms with Gasteiger partial charge in [0.1, 0.15) is 0 Å². The summed E-state index contributed by atoms with van der Waals surface area (Å²) in [6.07, 6.45) is 4.32. The Morgan fingerprint density at radius 3 is 2.57 bits per heavy atom. The Kier molecular flexibility index (Phi) is 3.92. The van der Waals surface area contributed by atoms with Crippen LogP contribution in [-0.2, 0) is 4.79 Å². The molecule has 0 bridgehead atoms. The van der Waals surface area contributed by atoms with Gasteiger partial charge in [-0.05, 0) is 18.9 Å². The molecule has 5 heteroatoms. The van der Waals surface area contributed by atoms with E-state index >= 15 is 0 Å². The molecule has 21 heavy (non-hydrogen) atoms. The van der Waals surface area contributed by atoms with Crippen LogP contribution in [0.2, 0.25) is 0 Å². The number of rotatable bonds is 3. The average Bonchev–Trinajstić information content (AvgIpc) is 2.95. The average molecular weight is 282 g/mol. The topological polar surface area (TPSA) is 66.9 Å². The molecule has 2 unspecified atom stereocenters. The molecular formula is C16H18N4O. The lowest BCUT2D eigenvalue weighted by Gasteiger charge is -2.15. The van der Waals surface area contributed by atoms with Crippen molar-refractivity contribution >= 4 is 11.6 Å². The Bertz CT molecular complexity index is 612. The van der Waals surface area contributed by atoms with Gasteiger partial charge in [0.2, 0.25) is 5.91 Å². The molecule has 1 amide bonds. The van der Waals surface area contributed by atoms with Gasteiger partial charge in [0, 0.05) is 5.56 Å². The second kappa shape index (κ2) is 6.01. The lowest BCUT2D eigenvalue weighted by molar-refractivity contribution is -0.118. The van der Waals surface area contributed by atoms with Crippen molar-refractivity contribution in [2.75, 3.05) is 11.9 Å². The highest BCUT2D eigenvalue weighted by Crippen LogP contribution is 2.18. The number of hydrogen-bond donors (Lipinski definition) is 2. The molecule has 0 aliphatic carbocycles. The molecule has 1 aliphatic rings. The van der Waals surface area contributed by atoms with Gasteiger partial charge in [0.05, 0.1) is 24.1 Å². The van der Waals surface area contributed by atoms with E-state index in [-0.39, 0.29) is 11.9 Å². The van der Waals surface area contributed by atoms with E-state index in [4.69, 9.17) is 0 Å². The Labute approximate surface area is 123 Å². The van der Waals surface area contributed by atoms with Crippen LogP contribution in [0.3, 0.4) is 0 Å². The van der Waals surface area contributed by atoms with Crippen LogP contribution in [0.25, 0.3) is 11.4 Å². The lowest BCUT2D eigenvalue weighted by atomic mass is 10.0. The van der Waals surface area contributed by atoms with Crippen molar-refractivity contribution in [1.29, 1.82) is 0 Å². The molecular weight excluding hydrogens is 264 g/mol. The van der Waals surface area contributed by atoms with Crippen molar-refractivity contribution < 1.29 is 4.79 Å². The van der Waals surface area contributed by atoms with Gasteiger partial charge in [-0.25, -0.2) is 9.97 Å². The number of aromatic nitrogens is 2. The number of nitrogens with one attached hydrogen (secondary N) is 2. The summed E-state index contributed by atoms with van der Waals surface area (Å²) < 4.78 is 0. The molecule has 2 aromatic rings. The first-order valence-electron chi connectivity index (χ1n) is 7.16. The Morgan fingerprint density at radius 2 is 1.95 bits per heavy atom. The first-order valence-corrected chi connectivity index (χ1v) is 7.16. The lowest BCUT2D eigenvalue weighted by Crippen LogP contribution is -2.39. The third-order valence-corrected chi connectivity index (χ3v) is 3.77. The molecule has 2 heterocycles. The van der Waals surface area contributed by atoms with Crippen molar-refractivity contribution in [3.8, 4) is 11.4 Å². The van der Waals surface area contributed by atoms with Crippen molar-refractivity contribution in [3.05, 3.63) is 42.7 Å². The molecule has 1 fully saturated rings. The third kappa shape index (κ3) is 3.08. The van der Waals surface area contributed by atoms with Gasteiger partial charge in [-0.15, -0.1) is 0 Å². The zero-order chi connectivity index (χ0) is 14.7. The van der Waals surface area contributed by atoms with E-state index in [1.165, 1.54) is 0 Å². The molecule has 1 aromatic carbocycles. The Balaban J connectivity index is 1.69. The molecule has 2 N–H and O–H groups in total. The molecule has 0 saturated carbocycles. The van der Waals surface area contributed by atoms with Crippen LogP contribution in [0.4, 0.5) is 5.69 Å². The molecule has 3 rings (SSSR count). The fourth-order valence-corrected chi connectivity index (χ4v) is 2.53. The number of anilines is 1. The highest BCUT2D eigenvalue weighted by Gasteiger charge is 2.29. The van der Waals surface area contributed by atoms with E-state index in [2.05, 4.69) is 27.5 Å². The van der Waals surface area contributed by atoms with Crippen LogP contribution in [0.5, 0.6) is 0 Å². The number of nitrogens with zero attached hydrogens (tertiary/aromatic N) is 2. The zero-order valence-electron chi connectivity index (χ0n) is 11.9. The van der Waals surface area contributed by atoms with Gasteiger partial charge in [0.15, 0.2) is 5.82 Å². The highest BCUT2D eigenvalue weighted by atomic mass is 16.2. The predicted molar refractivity (Wildman–Crippen MR) is 81.7 cm³/mol. The van der Waals surface area contributed by atoms with Crippen LogP contribution in [0, 0.1) is 5.92 Å². The largest absolute Gasteiger partial charge is 0.322 e. The van der Waals surface area contributed by atoms with Crippen LogP contribution in [-0.4, -0.2) is 28.5 Å². The number of carbonyl (C=O) groups is 1. The predicted octanol–water partition coefficient (Wildman–Crippen LogP) is 2.08. The van der Waals surface area contributed by atoms with Gasteiger partial charge in [-0.2, -0.15) is 0 Å². The van der Waals surface area contributed by atoms with E-state index in [9.17, 15) is 4.79 Å². The van der Waals surface area contributed by atoms with E-state index in [0.29, 0.717) is 17.4 Å². The summed E-state index contributed by atoms with van der Waals surface area (Å²) in [7, 11) is 0. The molecule has 108 valence electrons. The van der Waals surface area contributed by atoms with Crippen LogP contribution >= 0.6 is 0 Å². The maximum atomic E-state index is 12.2. The van der Waals surface area contributed by atoms with E-state index in [1.54, 1.807) is 12.4 Å².